The quantitative estimate of drug-likeness (QED) is 0.157. The van der Waals surface area contributed by atoms with Crippen molar-refractivity contribution in [1.29, 1.82) is 0 Å². The van der Waals surface area contributed by atoms with Crippen LogP contribution in [0.1, 0.15) is 149 Å². The third-order valence-corrected chi connectivity index (χ3v) is 20.7. The van der Waals surface area contributed by atoms with Gasteiger partial charge in [-0.1, -0.05) is 64.3 Å². The first-order valence-electron chi connectivity index (χ1n) is 25.4. The second kappa shape index (κ2) is 17.3. The minimum absolute atomic E-state index is 0.0780. The number of ether oxygens (including phenoxy) is 2. The molecule has 1 aromatic carbocycles. The summed E-state index contributed by atoms with van der Waals surface area (Å²) in [5.74, 6) is 9.44. The fraction of sp³-hybridized carbons (Fsp3) is 0.750. The number of carbonyl (C=O) groups excluding carboxylic acids is 2. The van der Waals surface area contributed by atoms with Crippen molar-refractivity contribution in [2.75, 3.05) is 32.2 Å². The summed E-state index contributed by atoms with van der Waals surface area (Å²) in [7, 11) is 3.60. The fourth-order valence-corrected chi connectivity index (χ4v) is 17.0. The average Bonchev–Trinajstić information content (AvgIpc) is 3.73. The third-order valence-electron chi connectivity index (χ3n) is 20.7. The van der Waals surface area contributed by atoms with Gasteiger partial charge in [0.15, 0.2) is 0 Å². The minimum atomic E-state index is -1.03. The van der Waals surface area contributed by atoms with Crippen molar-refractivity contribution >= 4 is 17.4 Å². The van der Waals surface area contributed by atoms with E-state index in [1.807, 2.05) is 6.92 Å². The van der Waals surface area contributed by atoms with Crippen molar-refractivity contribution in [3.05, 3.63) is 52.6 Å². The number of benzene rings is 1. The second-order valence-corrected chi connectivity index (χ2v) is 23.2. The van der Waals surface area contributed by atoms with Gasteiger partial charge in [0.05, 0.1) is 32.0 Å². The molecule has 0 heterocycles. The van der Waals surface area contributed by atoms with Gasteiger partial charge in [-0.05, 0) is 177 Å². The van der Waals surface area contributed by atoms with Crippen LogP contribution in [0.5, 0.6) is 0 Å². The molecule has 0 radical (unpaired) electrons. The number of hydrogen-bond acceptors (Lipinski definition) is 8. The normalized spacial score (nSPS) is 43.9. The zero-order valence-corrected chi connectivity index (χ0v) is 40.3. The number of ketones is 1. The zero-order valence-electron chi connectivity index (χ0n) is 40.3. The van der Waals surface area contributed by atoms with E-state index in [9.17, 15) is 24.9 Å². The maximum Gasteiger partial charge on any atom is 0.305 e. The lowest BCUT2D eigenvalue weighted by Crippen LogP contribution is -2.62. The summed E-state index contributed by atoms with van der Waals surface area (Å²) in [4.78, 5) is 26.9. The molecule has 0 amide bonds. The molecule has 64 heavy (non-hydrogen) atoms. The summed E-state index contributed by atoms with van der Waals surface area (Å²) < 4.78 is 11.6. The van der Waals surface area contributed by atoms with Gasteiger partial charge in [-0.15, -0.1) is 5.92 Å². The molecule has 7 fully saturated rings. The van der Waals surface area contributed by atoms with Crippen LogP contribution in [-0.2, 0) is 19.1 Å². The number of carbonyl (C=O) groups is 2. The summed E-state index contributed by atoms with van der Waals surface area (Å²) in [6.45, 7) is 14.8. The number of aliphatic hydroxyl groups excluding tert-OH is 2. The largest absolute Gasteiger partial charge is 0.469 e. The summed E-state index contributed by atoms with van der Waals surface area (Å²) in [6, 6.07) is 9.14. The SMILES string of the molecule is CC#C[C@]1(O)[C@H](C)CC2C3CC=C4CC(=O)CCC4=C3[C@@H](c3ccc(N(C)CCO[C@H]4CC[C@@]5(C)[C@@H](C4)C[C@@H](O)[C@@H]4[C@@H]5C[C@H](O)[C@]5(C)[C@@H]([C@H](C)CCC(=O)OC)CC[C@@H]45)cc3)C[C@@]21C. The van der Waals surface area contributed by atoms with Gasteiger partial charge in [0.2, 0.25) is 0 Å². The molecule has 350 valence electrons. The first kappa shape index (κ1) is 46.2. The summed E-state index contributed by atoms with van der Waals surface area (Å²) in [5, 5.41) is 36.4. The van der Waals surface area contributed by atoms with Crippen molar-refractivity contribution in [3.63, 3.8) is 0 Å². The zero-order chi connectivity index (χ0) is 45.5. The number of Topliss-reactive ketones (excluding diaryl/α,β-unsaturated/α-hetero) is 1. The highest BCUT2D eigenvalue weighted by Gasteiger charge is 2.67. The van der Waals surface area contributed by atoms with Gasteiger partial charge in [-0.3, -0.25) is 9.59 Å². The Morgan fingerprint density at radius 1 is 1.00 bits per heavy atom. The highest BCUT2D eigenvalue weighted by molar-refractivity contribution is 5.84. The Labute approximate surface area is 384 Å². The summed E-state index contributed by atoms with van der Waals surface area (Å²) >= 11 is 0. The van der Waals surface area contributed by atoms with Gasteiger partial charge >= 0.3 is 5.97 Å². The van der Waals surface area contributed by atoms with Crippen LogP contribution in [-0.4, -0.2) is 78.3 Å². The number of aliphatic hydroxyl groups is 3. The van der Waals surface area contributed by atoms with E-state index in [1.54, 1.807) is 0 Å². The van der Waals surface area contributed by atoms with E-state index in [1.165, 1.54) is 29.4 Å². The van der Waals surface area contributed by atoms with E-state index in [0.717, 1.165) is 89.3 Å². The number of esters is 1. The molecule has 8 nitrogen and oxygen atoms in total. The summed E-state index contributed by atoms with van der Waals surface area (Å²) in [5.41, 5.74) is 5.14. The van der Waals surface area contributed by atoms with Crippen molar-refractivity contribution in [2.45, 2.75) is 168 Å². The number of hydrogen-bond donors (Lipinski definition) is 3. The van der Waals surface area contributed by atoms with Gasteiger partial charge < -0.3 is 29.7 Å². The number of nitrogens with zero attached hydrogens (tertiary/aromatic N) is 1. The number of rotatable bonds is 10. The van der Waals surface area contributed by atoms with Gasteiger partial charge in [0, 0.05) is 49.9 Å². The van der Waals surface area contributed by atoms with Gasteiger partial charge in [0.25, 0.3) is 0 Å². The Morgan fingerprint density at radius 2 is 1.77 bits per heavy atom. The molecule has 9 rings (SSSR count). The number of fused-ring (bicyclic) bond motifs is 9. The third kappa shape index (κ3) is 7.30. The molecule has 0 spiro atoms. The molecule has 8 heteroatoms. The summed E-state index contributed by atoms with van der Waals surface area (Å²) in [6.07, 6.45) is 14.4. The lowest BCUT2D eigenvalue weighted by atomic mass is 9.43. The first-order chi connectivity index (χ1) is 30.5. The lowest BCUT2D eigenvalue weighted by molar-refractivity contribution is -0.209. The molecule has 0 saturated heterocycles. The Hall–Kier alpha value is -2.96. The monoisotopic (exact) mass is 878 g/mol. The fourth-order valence-electron chi connectivity index (χ4n) is 17.0. The average molecular weight is 878 g/mol. The molecule has 0 aromatic heterocycles. The lowest BCUT2D eigenvalue weighted by Gasteiger charge is -2.63. The van der Waals surface area contributed by atoms with E-state index < -0.39 is 11.7 Å². The molecule has 7 saturated carbocycles. The second-order valence-electron chi connectivity index (χ2n) is 23.2. The molecule has 17 atom stereocenters. The molecule has 3 N–H and O–H groups in total. The smallest absolute Gasteiger partial charge is 0.305 e. The van der Waals surface area contributed by atoms with E-state index in [0.29, 0.717) is 73.1 Å². The molecule has 0 aliphatic heterocycles. The molecule has 8 aliphatic carbocycles. The Morgan fingerprint density at radius 3 is 2.50 bits per heavy atom. The Balaban J connectivity index is 0.840. The topological polar surface area (TPSA) is 117 Å². The van der Waals surface area contributed by atoms with Gasteiger partial charge in [0.1, 0.15) is 11.4 Å². The van der Waals surface area contributed by atoms with Crippen LogP contribution in [0.2, 0.25) is 0 Å². The maximum absolute atomic E-state index is 12.6. The van der Waals surface area contributed by atoms with E-state index in [-0.39, 0.29) is 52.2 Å². The van der Waals surface area contributed by atoms with Crippen LogP contribution in [0.25, 0.3) is 0 Å². The van der Waals surface area contributed by atoms with Gasteiger partial charge in [-0.2, -0.15) is 0 Å². The minimum Gasteiger partial charge on any atom is -0.469 e. The van der Waals surface area contributed by atoms with Crippen LogP contribution in [0.15, 0.2) is 47.1 Å². The molecule has 0 bridgehead atoms. The molecule has 2 unspecified atom stereocenters. The van der Waals surface area contributed by atoms with Crippen LogP contribution in [0.3, 0.4) is 0 Å². The van der Waals surface area contributed by atoms with Crippen LogP contribution in [0.4, 0.5) is 5.69 Å². The predicted molar refractivity (Wildman–Crippen MR) is 251 cm³/mol. The number of allylic oxidation sites excluding steroid dienone is 4. The van der Waals surface area contributed by atoms with E-state index in [2.05, 4.69) is 88.7 Å². The predicted octanol–water partition coefficient (Wildman–Crippen LogP) is 9.60. The van der Waals surface area contributed by atoms with Crippen molar-refractivity contribution < 1.29 is 34.4 Å². The standard InChI is InChI=1S/C56H79NO7/c1-9-23-56(62)34(3)27-46-42-17-13-36-28-39(58)16-18-41(36)51(42)43(32-54(46,56)5)35-11-14-38(15-12-35)57(7)25-26-64-40-22-24-53(4)37(29-40)30-48(59)52-45-20-19-44(33(2)10-21-50(61)63-8)55(45,6)49(60)31-47(52)53/h11-15,33-34,37,40,42-49,52,59-60,62H,10,16-22,24-32H2,1-8H3/t33-,34-,37+,40+,42?,43-,44-,45+,46?,47+,48-,49+,52+,53+,54+,55-,56+/m1/s1. The van der Waals surface area contributed by atoms with Crippen molar-refractivity contribution in [3.8, 4) is 11.8 Å². The van der Waals surface area contributed by atoms with E-state index in [4.69, 9.17) is 9.47 Å². The maximum atomic E-state index is 12.6. The molecular formula is C56H79NO7. The number of anilines is 1. The van der Waals surface area contributed by atoms with Crippen molar-refractivity contribution in [2.24, 2.45) is 69.5 Å². The van der Waals surface area contributed by atoms with Crippen LogP contribution < -0.4 is 4.90 Å². The van der Waals surface area contributed by atoms with E-state index >= 15 is 0 Å². The first-order valence-corrected chi connectivity index (χ1v) is 25.4. The van der Waals surface area contributed by atoms with Gasteiger partial charge in [-0.25, -0.2) is 0 Å². The highest BCUT2D eigenvalue weighted by Crippen LogP contribution is 2.70. The number of likely N-dealkylation sites (N-methyl/N-ethyl adjacent to an activating group) is 1. The molecule has 8 aliphatic rings. The highest BCUT2D eigenvalue weighted by atomic mass is 16.5. The van der Waals surface area contributed by atoms with Crippen LogP contribution in [0, 0.1) is 81.3 Å². The molecular weight excluding hydrogens is 799 g/mol. The Kier molecular flexibility index (Phi) is 12.5. The number of methoxy groups -OCH3 is 1. The molecule has 1 aromatic rings. The van der Waals surface area contributed by atoms with Crippen LogP contribution >= 0.6 is 0 Å². The van der Waals surface area contributed by atoms with Crippen molar-refractivity contribution in [1.82, 2.24) is 0 Å². The Bertz CT molecular complexity index is 2080.